The van der Waals surface area contributed by atoms with Gasteiger partial charge in [-0.05, 0) is 31.6 Å². The molecule has 1 aliphatic carbocycles. The first-order valence-corrected chi connectivity index (χ1v) is 9.59. The maximum atomic E-state index is 11.9. The fraction of sp³-hybridized carbons (Fsp3) is 0.800. The lowest BCUT2D eigenvalue weighted by Crippen LogP contribution is -2.22. The molecule has 0 spiro atoms. The third-order valence-electron chi connectivity index (χ3n) is 4.66. The van der Waals surface area contributed by atoms with Gasteiger partial charge in [-0.1, -0.05) is 40.0 Å². The summed E-state index contributed by atoms with van der Waals surface area (Å²) in [5.41, 5.74) is 1.41. The molecule has 1 aliphatic rings. The zero-order valence-electron chi connectivity index (χ0n) is 13.3. The Morgan fingerprint density at radius 2 is 1.95 bits per heavy atom. The lowest BCUT2D eigenvalue weighted by molar-refractivity contribution is 0.243. The highest BCUT2D eigenvalue weighted by molar-refractivity contribution is 7.89. The highest BCUT2D eigenvalue weighted by atomic mass is 32.2. The van der Waals surface area contributed by atoms with E-state index in [-0.39, 0.29) is 4.90 Å². The molecule has 2 unspecified atom stereocenters. The van der Waals surface area contributed by atoms with Crippen LogP contribution in [0.4, 0.5) is 0 Å². The van der Waals surface area contributed by atoms with Crippen molar-refractivity contribution in [2.24, 2.45) is 11.1 Å². The average Bonchev–Trinajstić information content (AvgIpc) is 2.86. The molecule has 1 fully saturated rings. The van der Waals surface area contributed by atoms with Gasteiger partial charge < -0.3 is 0 Å². The number of sulfonamides is 1. The second-order valence-corrected chi connectivity index (χ2v) is 7.51. The molecule has 120 valence electrons. The molecule has 0 bridgehead atoms. The summed E-state index contributed by atoms with van der Waals surface area (Å²) in [5, 5.41) is 10.0. The summed E-state index contributed by atoms with van der Waals surface area (Å²) >= 11 is 0. The van der Waals surface area contributed by atoms with E-state index >= 15 is 0 Å². The summed E-state index contributed by atoms with van der Waals surface area (Å²) in [4.78, 5) is 0.270. The zero-order chi connectivity index (χ0) is 15.6. The van der Waals surface area contributed by atoms with E-state index in [1.54, 1.807) is 0 Å². The number of rotatable bonds is 5. The first-order chi connectivity index (χ1) is 9.92. The molecule has 0 radical (unpaired) electrons. The van der Waals surface area contributed by atoms with Crippen molar-refractivity contribution < 1.29 is 8.42 Å². The van der Waals surface area contributed by atoms with Crippen molar-refractivity contribution >= 4 is 10.0 Å². The van der Waals surface area contributed by atoms with Crippen molar-refractivity contribution in [1.82, 2.24) is 9.78 Å². The predicted molar refractivity (Wildman–Crippen MR) is 83.6 cm³/mol. The molecule has 2 N–H and O–H groups in total. The Labute approximate surface area is 128 Å². The van der Waals surface area contributed by atoms with Crippen LogP contribution in [0, 0.1) is 5.92 Å². The normalized spacial score (nSPS) is 23.4. The molecule has 1 aromatic heterocycles. The second-order valence-electron chi connectivity index (χ2n) is 6.01. The minimum absolute atomic E-state index is 0.270. The van der Waals surface area contributed by atoms with Crippen LogP contribution in [0.5, 0.6) is 0 Å². The number of aromatic nitrogens is 2. The van der Waals surface area contributed by atoms with Crippen LogP contribution >= 0.6 is 0 Å². The topological polar surface area (TPSA) is 78.0 Å². The van der Waals surface area contributed by atoms with Gasteiger partial charge in [-0.2, -0.15) is 5.10 Å². The molecule has 21 heavy (non-hydrogen) atoms. The average molecular weight is 313 g/mol. The van der Waals surface area contributed by atoms with Gasteiger partial charge in [-0.15, -0.1) is 0 Å². The molecule has 1 aromatic rings. The van der Waals surface area contributed by atoms with Crippen LogP contribution in [0.1, 0.15) is 70.3 Å². The van der Waals surface area contributed by atoms with E-state index in [1.165, 1.54) is 19.3 Å². The molecular weight excluding hydrogens is 286 g/mol. The van der Waals surface area contributed by atoms with Gasteiger partial charge in [0.05, 0.1) is 17.4 Å². The molecule has 0 saturated heterocycles. The van der Waals surface area contributed by atoms with Crippen molar-refractivity contribution in [1.29, 1.82) is 0 Å². The standard InChI is InChI=1S/C15H27N3O2S/c1-4-11-8-7-9-12(10-11)18-14(6-3)15(21(16,19)20)13(5-2)17-18/h11-12H,4-10H2,1-3H3,(H2,16,19,20). The van der Waals surface area contributed by atoms with Crippen LogP contribution in [0.25, 0.3) is 0 Å². The molecule has 0 aromatic carbocycles. The third kappa shape index (κ3) is 3.31. The highest BCUT2D eigenvalue weighted by Crippen LogP contribution is 2.36. The van der Waals surface area contributed by atoms with E-state index in [0.717, 1.165) is 24.5 Å². The lowest BCUT2D eigenvalue weighted by Gasteiger charge is -2.29. The van der Waals surface area contributed by atoms with Crippen LogP contribution < -0.4 is 5.14 Å². The minimum atomic E-state index is -3.71. The van der Waals surface area contributed by atoms with E-state index < -0.39 is 10.0 Å². The summed E-state index contributed by atoms with van der Waals surface area (Å²) in [6.07, 6.45) is 7.07. The molecular formula is C15H27N3O2S. The van der Waals surface area contributed by atoms with E-state index in [9.17, 15) is 8.42 Å². The van der Waals surface area contributed by atoms with E-state index in [0.29, 0.717) is 24.6 Å². The molecule has 2 rings (SSSR count). The van der Waals surface area contributed by atoms with Crippen molar-refractivity contribution in [3.05, 3.63) is 11.4 Å². The minimum Gasteiger partial charge on any atom is -0.265 e. The van der Waals surface area contributed by atoms with E-state index in [4.69, 9.17) is 5.14 Å². The van der Waals surface area contributed by atoms with Crippen molar-refractivity contribution in [3.8, 4) is 0 Å². The summed E-state index contributed by atoms with van der Waals surface area (Å²) in [7, 11) is -3.71. The Bertz CT molecular complexity index is 592. The maximum absolute atomic E-state index is 11.9. The number of nitrogens with two attached hydrogens (primary N) is 1. The van der Waals surface area contributed by atoms with Crippen LogP contribution in [-0.4, -0.2) is 18.2 Å². The van der Waals surface area contributed by atoms with Crippen LogP contribution in [0.3, 0.4) is 0 Å². The fourth-order valence-electron chi connectivity index (χ4n) is 3.55. The second kappa shape index (κ2) is 6.48. The van der Waals surface area contributed by atoms with Gasteiger partial charge in [-0.25, -0.2) is 13.6 Å². The molecule has 5 nitrogen and oxygen atoms in total. The van der Waals surface area contributed by atoms with Gasteiger partial charge >= 0.3 is 0 Å². The zero-order valence-corrected chi connectivity index (χ0v) is 14.1. The molecule has 1 saturated carbocycles. The maximum Gasteiger partial charge on any atom is 0.241 e. The van der Waals surface area contributed by atoms with E-state index in [1.807, 2.05) is 18.5 Å². The fourth-order valence-corrected chi connectivity index (χ4v) is 4.63. The number of aryl methyl sites for hydroxylation is 1. The summed E-state index contributed by atoms with van der Waals surface area (Å²) in [6.45, 7) is 6.13. The first-order valence-electron chi connectivity index (χ1n) is 8.05. The largest absolute Gasteiger partial charge is 0.265 e. The predicted octanol–water partition coefficient (Wildman–Crippen LogP) is 2.80. The Morgan fingerprint density at radius 3 is 2.48 bits per heavy atom. The van der Waals surface area contributed by atoms with Gasteiger partial charge in [0.2, 0.25) is 10.0 Å². The summed E-state index contributed by atoms with van der Waals surface area (Å²) in [6, 6.07) is 0.319. The smallest absolute Gasteiger partial charge is 0.241 e. The van der Waals surface area contributed by atoms with E-state index in [2.05, 4.69) is 12.0 Å². The van der Waals surface area contributed by atoms with Crippen molar-refractivity contribution in [2.45, 2.75) is 76.7 Å². The number of nitrogens with zero attached hydrogens (tertiary/aromatic N) is 2. The third-order valence-corrected chi connectivity index (χ3v) is 5.70. The molecule has 0 amide bonds. The molecule has 6 heteroatoms. The molecule has 0 aliphatic heterocycles. The molecule has 1 heterocycles. The number of hydrogen-bond acceptors (Lipinski definition) is 3. The quantitative estimate of drug-likeness (QED) is 0.908. The first kappa shape index (κ1) is 16.5. The van der Waals surface area contributed by atoms with Gasteiger partial charge in [0.25, 0.3) is 0 Å². The highest BCUT2D eigenvalue weighted by Gasteiger charge is 2.29. The van der Waals surface area contributed by atoms with Crippen molar-refractivity contribution in [3.63, 3.8) is 0 Å². The Hall–Kier alpha value is -0.880. The van der Waals surface area contributed by atoms with Crippen LogP contribution in [0.15, 0.2) is 4.90 Å². The Morgan fingerprint density at radius 1 is 1.24 bits per heavy atom. The Balaban J connectivity index is 2.47. The number of hydrogen-bond donors (Lipinski definition) is 1. The van der Waals surface area contributed by atoms with Crippen LogP contribution in [-0.2, 0) is 22.9 Å². The van der Waals surface area contributed by atoms with Crippen molar-refractivity contribution in [2.75, 3.05) is 0 Å². The van der Waals surface area contributed by atoms with Gasteiger partial charge in [0.1, 0.15) is 4.90 Å². The number of primary sulfonamides is 1. The van der Waals surface area contributed by atoms with Gasteiger partial charge in [0.15, 0.2) is 0 Å². The molecule has 2 atom stereocenters. The Kier molecular flexibility index (Phi) is 5.09. The SMILES string of the molecule is CCc1nn(C2CCCC(CC)C2)c(CC)c1S(N)(=O)=O. The van der Waals surface area contributed by atoms with Gasteiger partial charge in [-0.3, -0.25) is 4.68 Å². The van der Waals surface area contributed by atoms with Gasteiger partial charge in [0, 0.05) is 0 Å². The monoisotopic (exact) mass is 313 g/mol. The van der Waals surface area contributed by atoms with Crippen LogP contribution in [0.2, 0.25) is 0 Å². The summed E-state index contributed by atoms with van der Waals surface area (Å²) in [5.74, 6) is 0.723. The summed E-state index contributed by atoms with van der Waals surface area (Å²) < 4.78 is 25.8. The lowest BCUT2D eigenvalue weighted by atomic mass is 9.84.